The van der Waals surface area contributed by atoms with Crippen molar-refractivity contribution in [3.63, 3.8) is 0 Å². The molecule has 0 aliphatic carbocycles. The van der Waals surface area contributed by atoms with Crippen LogP contribution in [0.4, 0.5) is 11.4 Å². The van der Waals surface area contributed by atoms with Crippen LogP contribution < -0.4 is 9.64 Å². The van der Waals surface area contributed by atoms with Gasteiger partial charge in [0, 0.05) is 23.6 Å². The summed E-state index contributed by atoms with van der Waals surface area (Å²) < 4.78 is 5.49. The van der Waals surface area contributed by atoms with Crippen molar-refractivity contribution in [2.75, 3.05) is 18.1 Å². The Kier molecular flexibility index (Phi) is 5.19. The lowest BCUT2D eigenvalue weighted by Crippen LogP contribution is -2.37. The van der Waals surface area contributed by atoms with Gasteiger partial charge in [-0.25, -0.2) is 0 Å². The number of halogens is 1. The first-order valence-corrected chi connectivity index (χ1v) is 8.38. The van der Waals surface area contributed by atoms with Crippen molar-refractivity contribution in [1.29, 1.82) is 0 Å². The van der Waals surface area contributed by atoms with Gasteiger partial charge in [0.1, 0.15) is 12.4 Å². The molecule has 1 amide bonds. The summed E-state index contributed by atoms with van der Waals surface area (Å²) in [6, 6.07) is 11.9. The minimum Gasteiger partial charge on any atom is -0.490 e. The molecule has 1 aliphatic rings. The highest BCUT2D eigenvalue weighted by molar-refractivity contribution is 6.30. The Morgan fingerprint density at radius 2 is 2.00 bits per heavy atom. The number of nitro groups is 1. The molecule has 0 atom stereocenters. The van der Waals surface area contributed by atoms with Crippen molar-refractivity contribution in [1.82, 2.24) is 0 Å². The van der Waals surface area contributed by atoms with Crippen molar-refractivity contribution in [2.24, 2.45) is 0 Å². The maximum absolute atomic E-state index is 12.6. The van der Waals surface area contributed by atoms with Gasteiger partial charge in [0.2, 0.25) is 5.91 Å². The average Bonchev–Trinajstić information content (AvgIpc) is 2.62. The summed E-state index contributed by atoms with van der Waals surface area (Å²) in [5, 5.41) is 11.7. The van der Waals surface area contributed by atoms with Crippen LogP contribution in [0.3, 0.4) is 0 Å². The molecule has 0 spiro atoms. The lowest BCUT2D eigenvalue weighted by molar-refractivity contribution is -0.384. The monoisotopic (exact) mass is 360 g/mol. The zero-order chi connectivity index (χ0) is 17.8. The number of carbonyl (C=O) groups excluding carboxylic acids is 1. The van der Waals surface area contributed by atoms with Gasteiger partial charge >= 0.3 is 0 Å². The molecule has 0 bridgehead atoms. The number of benzene rings is 2. The van der Waals surface area contributed by atoms with Crippen molar-refractivity contribution in [3.05, 3.63) is 63.2 Å². The molecule has 2 aromatic carbocycles. The summed E-state index contributed by atoms with van der Waals surface area (Å²) in [6.45, 7) is 0.779. The number of carbonyl (C=O) groups is 1. The van der Waals surface area contributed by atoms with Gasteiger partial charge < -0.3 is 9.64 Å². The van der Waals surface area contributed by atoms with Gasteiger partial charge in [0.05, 0.1) is 17.2 Å². The van der Waals surface area contributed by atoms with E-state index < -0.39 is 4.92 Å². The first kappa shape index (κ1) is 17.2. The number of nitrogens with zero attached hydrogens (tertiary/aromatic N) is 2. The van der Waals surface area contributed by atoms with Crippen molar-refractivity contribution >= 4 is 28.9 Å². The second-order valence-corrected chi connectivity index (χ2v) is 6.22. The van der Waals surface area contributed by atoms with E-state index in [0.29, 0.717) is 42.5 Å². The number of non-ortho nitro benzene ring substituents is 1. The minimum absolute atomic E-state index is 0.0526. The fraction of sp³-hybridized carbons (Fsp3) is 0.278. The number of rotatable bonds is 5. The zero-order valence-corrected chi connectivity index (χ0v) is 14.2. The Hall–Kier alpha value is -2.60. The SMILES string of the molecule is O=C(CCCc1ccc(Cl)cc1)N1CCOc2ccc([N+](=O)[O-])cc21. The molecule has 25 heavy (non-hydrogen) atoms. The highest BCUT2D eigenvalue weighted by Crippen LogP contribution is 2.35. The fourth-order valence-electron chi connectivity index (χ4n) is 2.81. The van der Waals surface area contributed by atoms with Gasteiger partial charge in [0.15, 0.2) is 0 Å². The molecule has 0 aromatic heterocycles. The van der Waals surface area contributed by atoms with Crippen LogP contribution >= 0.6 is 11.6 Å². The van der Waals surface area contributed by atoms with Crippen LogP contribution in [-0.2, 0) is 11.2 Å². The summed E-state index contributed by atoms with van der Waals surface area (Å²) in [6.07, 6.45) is 1.84. The number of aryl methyl sites for hydroxylation is 1. The van der Waals surface area contributed by atoms with E-state index in [0.717, 1.165) is 12.0 Å². The summed E-state index contributed by atoms with van der Waals surface area (Å²) >= 11 is 5.86. The summed E-state index contributed by atoms with van der Waals surface area (Å²) in [7, 11) is 0. The predicted molar refractivity (Wildman–Crippen MR) is 95.3 cm³/mol. The zero-order valence-electron chi connectivity index (χ0n) is 13.5. The van der Waals surface area contributed by atoms with Crippen LogP contribution in [0.5, 0.6) is 5.75 Å². The van der Waals surface area contributed by atoms with Gasteiger partial charge in [0.25, 0.3) is 5.69 Å². The normalized spacial score (nSPS) is 13.1. The first-order valence-electron chi connectivity index (χ1n) is 8.00. The standard InChI is InChI=1S/C18H17ClN2O4/c19-14-6-4-13(5-7-14)2-1-3-18(22)20-10-11-25-17-9-8-15(21(23)24)12-16(17)20/h4-9,12H,1-3,10-11H2. The molecule has 3 rings (SSSR count). The highest BCUT2D eigenvalue weighted by atomic mass is 35.5. The lowest BCUT2D eigenvalue weighted by Gasteiger charge is -2.29. The van der Waals surface area contributed by atoms with Crippen molar-refractivity contribution in [3.8, 4) is 5.75 Å². The summed E-state index contributed by atoms with van der Waals surface area (Å²) in [4.78, 5) is 24.6. The molecule has 0 N–H and O–H groups in total. The third kappa shape index (κ3) is 4.09. The lowest BCUT2D eigenvalue weighted by atomic mass is 10.1. The van der Waals surface area contributed by atoms with E-state index in [1.54, 1.807) is 11.0 Å². The Labute approximate surface area is 150 Å². The molecule has 6 nitrogen and oxygen atoms in total. The van der Waals surface area contributed by atoms with Gasteiger partial charge in [-0.2, -0.15) is 0 Å². The van der Waals surface area contributed by atoms with Gasteiger partial charge in [-0.3, -0.25) is 14.9 Å². The molecular weight excluding hydrogens is 344 g/mol. The number of anilines is 1. The highest BCUT2D eigenvalue weighted by Gasteiger charge is 2.25. The number of ether oxygens (including phenoxy) is 1. The van der Waals surface area contributed by atoms with E-state index in [9.17, 15) is 14.9 Å². The van der Waals surface area contributed by atoms with E-state index in [1.807, 2.05) is 24.3 Å². The van der Waals surface area contributed by atoms with Gasteiger partial charge in [-0.15, -0.1) is 0 Å². The second kappa shape index (κ2) is 7.53. The quantitative estimate of drug-likeness (QED) is 0.596. The Balaban J connectivity index is 1.66. The van der Waals surface area contributed by atoms with Crippen LogP contribution in [0, 0.1) is 10.1 Å². The molecule has 0 unspecified atom stereocenters. The number of fused-ring (bicyclic) bond motifs is 1. The maximum atomic E-state index is 12.6. The van der Waals surface area contributed by atoms with Crippen LogP contribution in [0.1, 0.15) is 18.4 Å². The third-order valence-electron chi connectivity index (χ3n) is 4.09. The van der Waals surface area contributed by atoms with Crippen LogP contribution in [0.2, 0.25) is 5.02 Å². The Morgan fingerprint density at radius 3 is 2.72 bits per heavy atom. The van der Waals surface area contributed by atoms with E-state index in [1.165, 1.54) is 12.1 Å². The molecule has 1 heterocycles. The van der Waals surface area contributed by atoms with E-state index in [4.69, 9.17) is 16.3 Å². The van der Waals surface area contributed by atoms with E-state index in [-0.39, 0.29) is 11.6 Å². The summed E-state index contributed by atoms with van der Waals surface area (Å²) in [5.41, 5.74) is 1.54. The van der Waals surface area contributed by atoms with Crippen LogP contribution in [-0.4, -0.2) is 24.0 Å². The Morgan fingerprint density at radius 1 is 1.24 bits per heavy atom. The van der Waals surface area contributed by atoms with Gasteiger partial charge in [-0.05, 0) is 36.6 Å². The first-order chi connectivity index (χ1) is 12.0. The minimum atomic E-state index is -0.474. The predicted octanol–water partition coefficient (Wildman–Crippen LogP) is 4.00. The molecule has 130 valence electrons. The van der Waals surface area contributed by atoms with E-state index in [2.05, 4.69) is 0 Å². The molecule has 0 radical (unpaired) electrons. The van der Waals surface area contributed by atoms with Crippen molar-refractivity contribution in [2.45, 2.75) is 19.3 Å². The molecular formula is C18H17ClN2O4. The smallest absolute Gasteiger partial charge is 0.271 e. The topological polar surface area (TPSA) is 72.7 Å². The Bertz CT molecular complexity index is 792. The number of hydrogen-bond acceptors (Lipinski definition) is 4. The largest absolute Gasteiger partial charge is 0.490 e. The third-order valence-corrected chi connectivity index (χ3v) is 4.34. The van der Waals surface area contributed by atoms with Crippen LogP contribution in [0.25, 0.3) is 0 Å². The second-order valence-electron chi connectivity index (χ2n) is 5.78. The van der Waals surface area contributed by atoms with Gasteiger partial charge in [-0.1, -0.05) is 23.7 Å². The molecule has 0 fully saturated rings. The molecule has 7 heteroatoms. The van der Waals surface area contributed by atoms with Crippen molar-refractivity contribution < 1.29 is 14.5 Å². The summed E-state index contributed by atoms with van der Waals surface area (Å²) in [5.74, 6) is 0.446. The number of amides is 1. The number of hydrogen-bond donors (Lipinski definition) is 0. The maximum Gasteiger partial charge on any atom is 0.271 e. The van der Waals surface area contributed by atoms with E-state index >= 15 is 0 Å². The molecule has 2 aromatic rings. The van der Waals surface area contributed by atoms with Crippen LogP contribution in [0.15, 0.2) is 42.5 Å². The molecule has 1 aliphatic heterocycles. The molecule has 0 saturated carbocycles. The molecule has 0 saturated heterocycles. The average molecular weight is 361 g/mol. The fourth-order valence-corrected chi connectivity index (χ4v) is 2.93. The number of nitro benzene ring substituents is 1.